The van der Waals surface area contributed by atoms with Gasteiger partial charge in [0.25, 0.3) is 6.47 Å². The van der Waals surface area contributed by atoms with Gasteiger partial charge in [0, 0.05) is 9.79 Å². The molecule has 0 aliphatic rings. The maximum absolute atomic E-state index is 10.8. The summed E-state index contributed by atoms with van der Waals surface area (Å²) in [5, 5.41) is 0. The Kier molecular flexibility index (Phi) is 12.1. The molecule has 0 fully saturated rings. The van der Waals surface area contributed by atoms with Gasteiger partial charge in [0.15, 0.2) is 0 Å². The first-order valence-electron chi connectivity index (χ1n) is 10.8. The Labute approximate surface area is 185 Å². The van der Waals surface area contributed by atoms with Crippen molar-refractivity contribution in [1.82, 2.24) is 0 Å². The molecule has 0 aromatic heterocycles. The molecule has 3 rings (SSSR count). The van der Waals surface area contributed by atoms with E-state index in [4.69, 9.17) is 4.74 Å². The van der Waals surface area contributed by atoms with Crippen LogP contribution in [0.4, 0.5) is 0 Å². The van der Waals surface area contributed by atoms with Crippen LogP contribution in [0.1, 0.15) is 57.1 Å². The first-order valence-corrected chi connectivity index (χ1v) is 11.6. The van der Waals surface area contributed by atoms with Gasteiger partial charge >= 0.3 is 0 Å². The van der Waals surface area contributed by atoms with E-state index in [0.717, 1.165) is 18.4 Å². The Bertz CT molecular complexity index is 761. The molecule has 0 aliphatic heterocycles. The van der Waals surface area contributed by atoms with E-state index in [1.54, 1.807) is 11.8 Å². The van der Waals surface area contributed by atoms with Gasteiger partial charge in [0.2, 0.25) is 0 Å². The van der Waals surface area contributed by atoms with E-state index < -0.39 is 0 Å². The van der Waals surface area contributed by atoms with Gasteiger partial charge in [-0.3, -0.25) is 4.79 Å². The first-order chi connectivity index (χ1) is 14.8. The zero-order valence-corrected chi connectivity index (χ0v) is 18.6. The molecule has 3 aromatic rings. The summed E-state index contributed by atoms with van der Waals surface area (Å²) in [7, 11) is 0. The molecular weight excluding hydrogens is 388 g/mol. The molecule has 158 valence electrons. The van der Waals surface area contributed by atoms with Crippen molar-refractivity contribution in [2.75, 3.05) is 0 Å². The summed E-state index contributed by atoms with van der Waals surface area (Å²) < 4.78 is 5.31. The predicted octanol–water partition coefficient (Wildman–Crippen LogP) is 8.10. The fourth-order valence-electron chi connectivity index (χ4n) is 3.07. The second-order valence-electron chi connectivity index (χ2n) is 7.06. The predicted molar refractivity (Wildman–Crippen MR) is 127 cm³/mol. The zero-order valence-electron chi connectivity index (χ0n) is 17.8. The van der Waals surface area contributed by atoms with E-state index in [0.29, 0.717) is 6.47 Å². The molecule has 0 spiro atoms. The van der Waals surface area contributed by atoms with Crippen LogP contribution in [0.25, 0.3) is 0 Å². The van der Waals surface area contributed by atoms with Crippen molar-refractivity contribution in [3.63, 3.8) is 0 Å². The minimum atomic E-state index is -0.125. The van der Waals surface area contributed by atoms with Crippen molar-refractivity contribution in [2.45, 2.75) is 61.3 Å². The van der Waals surface area contributed by atoms with Gasteiger partial charge in [-0.25, -0.2) is 0 Å². The Balaban J connectivity index is 0.000000456. The molecule has 0 bridgehead atoms. The number of benzene rings is 3. The standard InChI is InChI=1S/C21H26O2S.C6H6/c1-2-3-4-5-9-12-21(23-17-22)18-13-15-20(16-14-18)24-19-10-7-6-8-11-19;1-2-4-6-5-3-1/h6-8,10-11,13-17,21H,2-5,9,12H2,1H3;1-6H. The van der Waals surface area contributed by atoms with Crippen molar-refractivity contribution in [1.29, 1.82) is 0 Å². The quantitative estimate of drug-likeness (QED) is 0.231. The van der Waals surface area contributed by atoms with Gasteiger partial charge in [-0.05, 0) is 42.7 Å². The molecule has 30 heavy (non-hydrogen) atoms. The average molecular weight is 421 g/mol. The molecule has 3 aromatic carbocycles. The van der Waals surface area contributed by atoms with Gasteiger partial charge in [0.1, 0.15) is 6.10 Å². The molecule has 2 nitrogen and oxygen atoms in total. The van der Waals surface area contributed by atoms with Crippen LogP contribution in [0.2, 0.25) is 0 Å². The van der Waals surface area contributed by atoms with E-state index in [2.05, 4.69) is 43.3 Å². The van der Waals surface area contributed by atoms with Crippen molar-refractivity contribution >= 4 is 18.2 Å². The van der Waals surface area contributed by atoms with E-state index in [1.165, 1.54) is 35.5 Å². The lowest BCUT2D eigenvalue weighted by molar-refractivity contribution is -0.134. The highest BCUT2D eigenvalue weighted by atomic mass is 32.2. The lowest BCUT2D eigenvalue weighted by Crippen LogP contribution is -2.03. The molecule has 3 heteroatoms. The van der Waals surface area contributed by atoms with Gasteiger partial charge in [0.05, 0.1) is 0 Å². The summed E-state index contributed by atoms with van der Waals surface area (Å²) in [6, 6.07) is 30.7. The number of carbonyl (C=O) groups is 1. The molecule has 0 N–H and O–H groups in total. The molecular formula is C27H32O2S. The third-order valence-corrected chi connectivity index (χ3v) is 5.70. The van der Waals surface area contributed by atoms with Gasteiger partial charge in [-0.1, -0.05) is 111 Å². The molecule has 1 atom stereocenters. The Morgan fingerprint density at radius 1 is 0.733 bits per heavy atom. The normalized spacial score (nSPS) is 11.1. The van der Waals surface area contributed by atoms with Crippen molar-refractivity contribution < 1.29 is 9.53 Å². The zero-order chi connectivity index (χ0) is 21.3. The second kappa shape index (κ2) is 15.3. The average Bonchev–Trinajstić information content (AvgIpc) is 2.81. The van der Waals surface area contributed by atoms with Crippen LogP contribution in [0, 0.1) is 0 Å². The summed E-state index contributed by atoms with van der Waals surface area (Å²) in [6.45, 7) is 2.79. The first kappa shape index (κ1) is 23.8. The van der Waals surface area contributed by atoms with E-state index >= 15 is 0 Å². The lowest BCUT2D eigenvalue weighted by atomic mass is 10.0. The highest BCUT2D eigenvalue weighted by Gasteiger charge is 2.12. The Hall–Kier alpha value is -2.52. The molecule has 0 saturated carbocycles. The number of rotatable bonds is 11. The molecule has 1 unspecified atom stereocenters. The third kappa shape index (κ3) is 9.80. The van der Waals surface area contributed by atoms with Gasteiger partial charge in [-0.2, -0.15) is 0 Å². The van der Waals surface area contributed by atoms with Gasteiger partial charge in [-0.15, -0.1) is 0 Å². The molecule has 0 saturated heterocycles. The SMILES string of the molecule is CCCCCCCC(OC=O)c1ccc(Sc2ccccc2)cc1.c1ccccc1. The number of hydrogen-bond donors (Lipinski definition) is 0. The van der Waals surface area contributed by atoms with Crippen LogP contribution in [0.5, 0.6) is 0 Å². The van der Waals surface area contributed by atoms with Crippen LogP contribution in [0.15, 0.2) is 101 Å². The van der Waals surface area contributed by atoms with Crippen LogP contribution < -0.4 is 0 Å². The van der Waals surface area contributed by atoms with Crippen molar-refractivity contribution in [3.05, 3.63) is 96.6 Å². The maximum atomic E-state index is 10.8. The van der Waals surface area contributed by atoms with Crippen LogP contribution in [0.3, 0.4) is 0 Å². The van der Waals surface area contributed by atoms with E-state index in [-0.39, 0.29) is 6.10 Å². The lowest BCUT2D eigenvalue weighted by Gasteiger charge is -2.16. The topological polar surface area (TPSA) is 26.3 Å². The Morgan fingerprint density at radius 3 is 1.83 bits per heavy atom. The second-order valence-corrected chi connectivity index (χ2v) is 8.21. The smallest absolute Gasteiger partial charge is 0.293 e. The number of carbonyl (C=O) groups excluding carboxylic acids is 1. The minimum Gasteiger partial charge on any atom is -0.460 e. The molecule has 0 aliphatic carbocycles. The van der Waals surface area contributed by atoms with Crippen LogP contribution in [-0.4, -0.2) is 6.47 Å². The van der Waals surface area contributed by atoms with Gasteiger partial charge < -0.3 is 4.74 Å². The molecule has 0 amide bonds. The van der Waals surface area contributed by atoms with Crippen molar-refractivity contribution in [3.8, 4) is 0 Å². The molecule has 0 radical (unpaired) electrons. The highest BCUT2D eigenvalue weighted by Crippen LogP contribution is 2.30. The number of ether oxygens (including phenoxy) is 1. The van der Waals surface area contributed by atoms with E-state index in [1.807, 2.05) is 54.6 Å². The highest BCUT2D eigenvalue weighted by molar-refractivity contribution is 7.99. The summed E-state index contributed by atoms with van der Waals surface area (Å²) in [4.78, 5) is 13.2. The number of hydrogen-bond acceptors (Lipinski definition) is 3. The fourth-order valence-corrected chi connectivity index (χ4v) is 3.91. The largest absolute Gasteiger partial charge is 0.460 e. The summed E-state index contributed by atoms with van der Waals surface area (Å²) in [5.41, 5.74) is 1.08. The van der Waals surface area contributed by atoms with Crippen LogP contribution >= 0.6 is 11.8 Å². The van der Waals surface area contributed by atoms with Crippen LogP contribution in [-0.2, 0) is 9.53 Å². The third-order valence-electron chi connectivity index (χ3n) is 4.69. The minimum absolute atomic E-state index is 0.125. The number of unbranched alkanes of at least 4 members (excludes halogenated alkanes) is 4. The molecule has 0 heterocycles. The van der Waals surface area contributed by atoms with E-state index in [9.17, 15) is 4.79 Å². The van der Waals surface area contributed by atoms with Crippen molar-refractivity contribution in [2.24, 2.45) is 0 Å². The summed E-state index contributed by atoms with van der Waals surface area (Å²) in [5.74, 6) is 0. The Morgan fingerprint density at radius 2 is 1.27 bits per heavy atom. The monoisotopic (exact) mass is 420 g/mol. The fraction of sp³-hybridized carbons (Fsp3) is 0.296. The summed E-state index contributed by atoms with van der Waals surface area (Å²) in [6.07, 6.45) is 6.86. The maximum Gasteiger partial charge on any atom is 0.293 e. The summed E-state index contributed by atoms with van der Waals surface area (Å²) >= 11 is 1.74.